The molecule has 0 spiro atoms. The van der Waals surface area contributed by atoms with Crippen molar-refractivity contribution in [1.29, 1.82) is 0 Å². The third-order valence-corrected chi connectivity index (χ3v) is 5.09. The first kappa shape index (κ1) is 19.2. The number of fused-ring (bicyclic) bond motifs is 1. The van der Waals surface area contributed by atoms with Crippen LogP contribution in [0.25, 0.3) is 11.3 Å². The maximum absolute atomic E-state index is 12.2. The van der Waals surface area contributed by atoms with Crippen LogP contribution in [0.15, 0.2) is 54.6 Å². The largest absolute Gasteiger partial charge is 0.370 e. The molecule has 7 heteroatoms. The van der Waals surface area contributed by atoms with Gasteiger partial charge in [-0.2, -0.15) is 0 Å². The van der Waals surface area contributed by atoms with E-state index in [2.05, 4.69) is 32.0 Å². The fourth-order valence-electron chi connectivity index (χ4n) is 3.30. The lowest BCUT2D eigenvalue weighted by Crippen LogP contribution is -2.31. The predicted octanol–water partition coefficient (Wildman–Crippen LogP) is 4.52. The quantitative estimate of drug-likeness (QED) is 0.581. The Morgan fingerprint density at radius 3 is 2.86 bits per heavy atom. The average Bonchev–Trinajstić information content (AvgIpc) is 2.74. The molecule has 0 unspecified atom stereocenters. The molecule has 29 heavy (non-hydrogen) atoms. The molecule has 0 bridgehead atoms. The SMILES string of the molecule is O=C(NCCc1ccc2c(n1)NCCC2)Nc1cccc(-c2ccccc2Cl)n1. The average molecular weight is 408 g/mol. The van der Waals surface area contributed by atoms with E-state index in [1.165, 1.54) is 5.56 Å². The Morgan fingerprint density at radius 1 is 1.07 bits per heavy atom. The third-order valence-electron chi connectivity index (χ3n) is 4.76. The van der Waals surface area contributed by atoms with E-state index < -0.39 is 0 Å². The summed E-state index contributed by atoms with van der Waals surface area (Å²) in [6.45, 7) is 1.45. The van der Waals surface area contributed by atoms with Gasteiger partial charge in [-0.25, -0.2) is 14.8 Å². The van der Waals surface area contributed by atoms with Crippen molar-refractivity contribution in [3.05, 3.63) is 70.9 Å². The summed E-state index contributed by atoms with van der Waals surface area (Å²) >= 11 is 6.24. The van der Waals surface area contributed by atoms with E-state index in [4.69, 9.17) is 11.6 Å². The van der Waals surface area contributed by atoms with E-state index in [9.17, 15) is 4.79 Å². The summed E-state index contributed by atoms with van der Waals surface area (Å²) in [5.74, 6) is 1.44. The molecule has 0 fully saturated rings. The topological polar surface area (TPSA) is 78.9 Å². The van der Waals surface area contributed by atoms with Gasteiger partial charge in [-0.3, -0.25) is 5.32 Å². The van der Waals surface area contributed by atoms with Crippen LogP contribution in [0.2, 0.25) is 5.02 Å². The molecular weight excluding hydrogens is 386 g/mol. The van der Waals surface area contributed by atoms with Crippen molar-refractivity contribution in [2.45, 2.75) is 19.3 Å². The Hall–Kier alpha value is -3.12. The number of pyridine rings is 2. The zero-order chi connectivity index (χ0) is 20.1. The fourth-order valence-corrected chi connectivity index (χ4v) is 3.53. The van der Waals surface area contributed by atoms with Crippen molar-refractivity contribution in [3.8, 4) is 11.3 Å². The van der Waals surface area contributed by atoms with Crippen LogP contribution in [0.3, 0.4) is 0 Å². The molecule has 0 atom stereocenters. The van der Waals surface area contributed by atoms with Crippen LogP contribution >= 0.6 is 11.6 Å². The number of urea groups is 1. The summed E-state index contributed by atoms with van der Waals surface area (Å²) < 4.78 is 0. The number of hydrogen-bond donors (Lipinski definition) is 3. The van der Waals surface area contributed by atoms with Gasteiger partial charge in [-0.1, -0.05) is 41.9 Å². The highest BCUT2D eigenvalue weighted by atomic mass is 35.5. The molecule has 1 aliphatic heterocycles. The smallest absolute Gasteiger partial charge is 0.320 e. The molecule has 1 aliphatic rings. The molecule has 2 amide bonds. The van der Waals surface area contributed by atoms with E-state index in [0.29, 0.717) is 29.5 Å². The van der Waals surface area contributed by atoms with Gasteiger partial charge < -0.3 is 10.6 Å². The van der Waals surface area contributed by atoms with Gasteiger partial charge in [0.05, 0.1) is 5.69 Å². The Morgan fingerprint density at radius 2 is 1.97 bits per heavy atom. The highest BCUT2D eigenvalue weighted by molar-refractivity contribution is 6.33. The number of aryl methyl sites for hydroxylation is 1. The molecule has 4 rings (SSSR count). The number of hydrogen-bond acceptors (Lipinski definition) is 4. The number of nitrogens with zero attached hydrogens (tertiary/aromatic N) is 2. The Kier molecular flexibility index (Phi) is 5.91. The summed E-state index contributed by atoms with van der Waals surface area (Å²) in [5, 5.41) is 9.57. The molecule has 0 radical (unpaired) electrons. The second-order valence-electron chi connectivity index (χ2n) is 6.86. The van der Waals surface area contributed by atoms with Crippen LogP contribution in [0.5, 0.6) is 0 Å². The van der Waals surface area contributed by atoms with Gasteiger partial charge in [-0.05, 0) is 42.7 Å². The molecule has 0 saturated heterocycles. The number of carbonyl (C=O) groups excluding carboxylic acids is 1. The second-order valence-corrected chi connectivity index (χ2v) is 7.27. The number of carbonyl (C=O) groups is 1. The summed E-state index contributed by atoms with van der Waals surface area (Å²) in [6.07, 6.45) is 2.87. The predicted molar refractivity (Wildman–Crippen MR) is 116 cm³/mol. The van der Waals surface area contributed by atoms with E-state index >= 15 is 0 Å². The molecule has 3 heterocycles. The van der Waals surface area contributed by atoms with Crippen LogP contribution < -0.4 is 16.0 Å². The number of rotatable bonds is 5. The summed E-state index contributed by atoms with van der Waals surface area (Å²) in [5.41, 5.74) is 3.75. The van der Waals surface area contributed by atoms with Gasteiger partial charge >= 0.3 is 6.03 Å². The molecule has 3 aromatic rings. The van der Waals surface area contributed by atoms with Crippen LogP contribution in [0.4, 0.5) is 16.4 Å². The molecule has 0 saturated carbocycles. The fraction of sp³-hybridized carbons (Fsp3) is 0.227. The minimum absolute atomic E-state index is 0.301. The van der Waals surface area contributed by atoms with Gasteiger partial charge in [0.15, 0.2) is 0 Å². The third kappa shape index (κ3) is 4.84. The molecule has 148 valence electrons. The van der Waals surface area contributed by atoms with E-state index in [0.717, 1.165) is 36.5 Å². The molecule has 6 nitrogen and oxygen atoms in total. The van der Waals surface area contributed by atoms with Crippen molar-refractivity contribution in [2.75, 3.05) is 23.7 Å². The molecule has 0 aliphatic carbocycles. The number of nitrogens with one attached hydrogen (secondary N) is 3. The van der Waals surface area contributed by atoms with Crippen LogP contribution in [0.1, 0.15) is 17.7 Å². The monoisotopic (exact) mass is 407 g/mol. The first-order chi connectivity index (χ1) is 14.2. The lowest BCUT2D eigenvalue weighted by molar-refractivity contribution is 0.252. The van der Waals surface area contributed by atoms with Crippen LogP contribution in [-0.4, -0.2) is 29.1 Å². The van der Waals surface area contributed by atoms with Gasteiger partial charge in [0.25, 0.3) is 0 Å². The highest BCUT2D eigenvalue weighted by Crippen LogP contribution is 2.26. The Labute approximate surface area is 174 Å². The Bertz CT molecular complexity index is 1020. The van der Waals surface area contributed by atoms with Crippen molar-refractivity contribution >= 4 is 29.3 Å². The normalized spacial score (nSPS) is 12.6. The van der Waals surface area contributed by atoms with E-state index in [1.54, 1.807) is 6.07 Å². The van der Waals surface area contributed by atoms with E-state index in [-0.39, 0.29) is 6.03 Å². The van der Waals surface area contributed by atoms with Crippen molar-refractivity contribution < 1.29 is 4.79 Å². The first-order valence-electron chi connectivity index (χ1n) is 9.68. The lowest BCUT2D eigenvalue weighted by atomic mass is 10.1. The number of aromatic nitrogens is 2. The number of anilines is 2. The van der Waals surface area contributed by atoms with Gasteiger partial charge in [0, 0.05) is 35.8 Å². The van der Waals surface area contributed by atoms with Gasteiger partial charge in [0.2, 0.25) is 0 Å². The molecular formula is C22H22ClN5O. The molecule has 1 aromatic carbocycles. The van der Waals surface area contributed by atoms with Crippen molar-refractivity contribution in [1.82, 2.24) is 15.3 Å². The summed E-state index contributed by atoms with van der Waals surface area (Å²) in [7, 11) is 0. The zero-order valence-electron chi connectivity index (χ0n) is 15.9. The molecule has 2 aromatic heterocycles. The number of benzene rings is 1. The summed E-state index contributed by atoms with van der Waals surface area (Å²) in [6, 6.07) is 16.8. The zero-order valence-corrected chi connectivity index (χ0v) is 16.7. The highest BCUT2D eigenvalue weighted by Gasteiger charge is 2.11. The standard InChI is InChI=1S/C22H22ClN5O/c23-18-7-2-1-6-17(18)19-8-3-9-20(27-19)28-22(29)25-14-12-16-11-10-15-5-4-13-24-21(15)26-16/h1-3,6-11H,4-5,12-14H2,(H,24,26)(H2,25,27,28,29). The maximum Gasteiger partial charge on any atom is 0.320 e. The second kappa shape index (κ2) is 8.92. The number of halogens is 1. The van der Waals surface area contributed by atoms with Crippen molar-refractivity contribution in [3.63, 3.8) is 0 Å². The first-order valence-corrected chi connectivity index (χ1v) is 10.1. The molecule has 3 N–H and O–H groups in total. The minimum Gasteiger partial charge on any atom is -0.370 e. The van der Waals surface area contributed by atoms with Gasteiger partial charge in [-0.15, -0.1) is 0 Å². The Balaban J connectivity index is 1.32. The lowest BCUT2D eigenvalue weighted by Gasteiger charge is -2.17. The van der Waals surface area contributed by atoms with Crippen molar-refractivity contribution in [2.24, 2.45) is 0 Å². The van der Waals surface area contributed by atoms with Gasteiger partial charge in [0.1, 0.15) is 11.6 Å². The van der Waals surface area contributed by atoms with Crippen LogP contribution in [-0.2, 0) is 12.8 Å². The minimum atomic E-state index is -0.301. The maximum atomic E-state index is 12.2. The summed E-state index contributed by atoms with van der Waals surface area (Å²) in [4.78, 5) is 21.4. The number of amides is 2. The van der Waals surface area contributed by atoms with Crippen LogP contribution in [0, 0.1) is 0 Å². The van der Waals surface area contributed by atoms with E-state index in [1.807, 2.05) is 42.5 Å².